The van der Waals surface area contributed by atoms with Gasteiger partial charge in [0.1, 0.15) is 0 Å². The number of hydrogen-bond acceptors (Lipinski definition) is 3. The maximum absolute atomic E-state index is 11.4. The lowest BCUT2D eigenvalue weighted by atomic mass is 9.90. The number of likely N-dealkylation sites (N-methyl/N-ethyl adjacent to an activating group) is 1. The van der Waals surface area contributed by atoms with Crippen molar-refractivity contribution in [3.63, 3.8) is 0 Å². The van der Waals surface area contributed by atoms with Gasteiger partial charge in [-0.05, 0) is 35.6 Å². The zero-order chi connectivity index (χ0) is 16.9. The van der Waals surface area contributed by atoms with Gasteiger partial charge in [0.05, 0.1) is 20.1 Å². The highest BCUT2D eigenvalue weighted by molar-refractivity contribution is 5.78. The lowest BCUT2D eigenvalue weighted by Gasteiger charge is -2.26. The molecule has 1 amide bonds. The summed E-state index contributed by atoms with van der Waals surface area (Å²) in [7, 11) is 3.33. The summed E-state index contributed by atoms with van der Waals surface area (Å²) in [6.45, 7) is 0.702. The van der Waals surface area contributed by atoms with E-state index in [0.29, 0.717) is 18.9 Å². The second kappa shape index (κ2) is 7.39. The Morgan fingerprint density at radius 1 is 1.21 bits per heavy atom. The minimum Gasteiger partial charge on any atom is -0.493 e. The molecule has 126 valence electrons. The minimum atomic E-state index is 0.0361. The molecule has 0 radical (unpaired) electrons. The molecule has 1 aliphatic rings. The van der Waals surface area contributed by atoms with Crippen molar-refractivity contribution in [2.24, 2.45) is 5.92 Å². The maximum atomic E-state index is 11.4. The normalized spacial score (nSPS) is 16.0. The third kappa shape index (κ3) is 3.70. The smallest absolute Gasteiger partial charge is 0.224 e. The van der Waals surface area contributed by atoms with Crippen LogP contribution in [0.4, 0.5) is 0 Å². The average Bonchev–Trinajstić information content (AvgIpc) is 2.62. The van der Waals surface area contributed by atoms with E-state index in [1.165, 1.54) is 11.1 Å². The molecule has 0 aromatic heterocycles. The molecule has 1 atom stereocenters. The topological polar surface area (TPSA) is 47.6 Å². The van der Waals surface area contributed by atoms with E-state index < -0.39 is 0 Å². The Kier molecular flexibility index (Phi) is 5.04. The zero-order valence-corrected chi connectivity index (χ0v) is 14.2. The van der Waals surface area contributed by atoms with Crippen molar-refractivity contribution in [3.05, 3.63) is 59.2 Å². The number of carbonyl (C=O) groups is 1. The number of hydrogen-bond donors (Lipinski definition) is 1. The van der Waals surface area contributed by atoms with E-state index in [-0.39, 0.29) is 5.91 Å². The number of benzene rings is 2. The number of ether oxygens (including phenoxy) is 2. The monoisotopic (exact) mass is 325 g/mol. The van der Waals surface area contributed by atoms with Crippen LogP contribution in [0.3, 0.4) is 0 Å². The first-order valence-electron chi connectivity index (χ1n) is 8.26. The Hall–Kier alpha value is -2.49. The summed E-state index contributed by atoms with van der Waals surface area (Å²) in [5, 5.41) is 2.65. The second-order valence-electron chi connectivity index (χ2n) is 6.20. The van der Waals surface area contributed by atoms with E-state index in [0.717, 1.165) is 29.9 Å². The lowest BCUT2D eigenvalue weighted by Crippen LogP contribution is -2.23. The number of carbonyl (C=O) groups excluding carboxylic acids is 1. The van der Waals surface area contributed by atoms with E-state index >= 15 is 0 Å². The van der Waals surface area contributed by atoms with Crippen molar-refractivity contribution < 1.29 is 14.3 Å². The van der Waals surface area contributed by atoms with Gasteiger partial charge in [0, 0.05) is 13.0 Å². The molecule has 0 saturated heterocycles. The third-order valence-corrected chi connectivity index (χ3v) is 4.44. The summed E-state index contributed by atoms with van der Waals surface area (Å²) in [4.78, 5) is 11.4. The molecule has 24 heavy (non-hydrogen) atoms. The van der Waals surface area contributed by atoms with Crippen LogP contribution in [0.2, 0.25) is 0 Å². The fraction of sp³-hybridized carbons (Fsp3) is 0.350. The van der Waals surface area contributed by atoms with Crippen LogP contribution >= 0.6 is 0 Å². The predicted octanol–water partition coefficient (Wildman–Crippen LogP) is 2.78. The molecular weight excluding hydrogens is 302 g/mol. The van der Waals surface area contributed by atoms with Gasteiger partial charge in [-0.15, -0.1) is 0 Å². The van der Waals surface area contributed by atoms with Crippen molar-refractivity contribution in [2.75, 3.05) is 20.8 Å². The molecule has 1 heterocycles. The molecule has 1 N–H and O–H groups in total. The molecule has 0 fully saturated rings. The first-order valence-corrected chi connectivity index (χ1v) is 8.26. The van der Waals surface area contributed by atoms with Gasteiger partial charge >= 0.3 is 0 Å². The van der Waals surface area contributed by atoms with Crippen molar-refractivity contribution in [3.8, 4) is 11.5 Å². The summed E-state index contributed by atoms with van der Waals surface area (Å²) in [5.41, 5.74) is 3.52. The number of para-hydroxylation sites is 1. The first kappa shape index (κ1) is 16.4. The molecule has 0 aliphatic carbocycles. The number of rotatable bonds is 5. The first-order chi connectivity index (χ1) is 11.7. The van der Waals surface area contributed by atoms with Crippen LogP contribution in [0.25, 0.3) is 0 Å². The molecule has 4 heteroatoms. The SMILES string of the molecule is CNC(=O)Cc1ccc(CC2COc3c(cccc3OC)C2)cc1. The van der Waals surface area contributed by atoms with E-state index in [1.54, 1.807) is 14.2 Å². The van der Waals surface area contributed by atoms with E-state index in [4.69, 9.17) is 9.47 Å². The van der Waals surface area contributed by atoms with E-state index in [9.17, 15) is 4.79 Å². The Bertz CT molecular complexity index is 709. The molecule has 0 spiro atoms. The quantitative estimate of drug-likeness (QED) is 0.919. The Morgan fingerprint density at radius 3 is 2.67 bits per heavy atom. The van der Waals surface area contributed by atoms with Crippen molar-refractivity contribution >= 4 is 5.91 Å². The third-order valence-electron chi connectivity index (χ3n) is 4.44. The molecule has 1 aliphatic heterocycles. The maximum Gasteiger partial charge on any atom is 0.224 e. The van der Waals surface area contributed by atoms with Crippen molar-refractivity contribution in [1.82, 2.24) is 5.32 Å². The van der Waals surface area contributed by atoms with Gasteiger partial charge < -0.3 is 14.8 Å². The summed E-state index contributed by atoms with van der Waals surface area (Å²) in [5.74, 6) is 2.19. The fourth-order valence-corrected chi connectivity index (χ4v) is 3.15. The minimum absolute atomic E-state index is 0.0361. The lowest BCUT2D eigenvalue weighted by molar-refractivity contribution is -0.119. The van der Waals surface area contributed by atoms with Crippen molar-refractivity contribution in [2.45, 2.75) is 19.3 Å². The van der Waals surface area contributed by atoms with Gasteiger partial charge in [0.2, 0.25) is 5.91 Å². The summed E-state index contributed by atoms with van der Waals surface area (Å²) in [6.07, 6.45) is 2.39. The zero-order valence-electron chi connectivity index (χ0n) is 14.2. The van der Waals surface area contributed by atoms with Gasteiger partial charge in [0.15, 0.2) is 11.5 Å². The van der Waals surface area contributed by atoms with Crippen LogP contribution in [-0.4, -0.2) is 26.7 Å². The molecule has 0 saturated carbocycles. The molecule has 4 nitrogen and oxygen atoms in total. The molecular formula is C20H23NO3. The Morgan fingerprint density at radius 2 is 1.96 bits per heavy atom. The number of fused-ring (bicyclic) bond motifs is 1. The van der Waals surface area contributed by atoms with Gasteiger partial charge in [-0.3, -0.25) is 4.79 Å². The number of methoxy groups -OCH3 is 1. The van der Waals surface area contributed by atoms with Crippen LogP contribution in [0.5, 0.6) is 11.5 Å². The average molecular weight is 325 g/mol. The number of nitrogens with one attached hydrogen (secondary N) is 1. The van der Waals surface area contributed by atoms with Crippen LogP contribution in [0, 0.1) is 5.92 Å². The van der Waals surface area contributed by atoms with Gasteiger partial charge in [-0.2, -0.15) is 0 Å². The van der Waals surface area contributed by atoms with Crippen LogP contribution in [0.1, 0.15) is 16.7 Å². The number of amides is 1. The van der Waals surface area contributed by atoms with Crippen LogP contribution < -0.4 is 14.8 Å². The van der Waals surface area contributed by atoms with Crippen molar-refractivity contribution in [1.29, 1.82) is 0 Å². The Balaban J connectivity index is 1.64. The highest BCUT2D eigenvalue weighted by atomic mass is 16.5. The molecule has 3 rings (SSSR count). The molecule has 0 bridgehead atoms. The summed E-state index contributed by atoms with van der Waals surface area (Å²) >= 11 is 0. The summed E-state index contributed by atoms with van der Waals surface area (Å²) < 4.78 is 11.3. The molecule has 2 aromatic rings. The van der Waals surface area contributed by atoms with Gasteiger partial charge in [-0.1, -0.05) is 36.4 Å². The van der Waals surface area contributed by atoms with Gasteiger partial charge in [0.25, 0.3) is 0 Å². The van der Waals surface area contributed by atoms with E-state index in [2.05, 4.69) is 23.5 Å². The second-order valence-corrected chi connectivity index (χ2v) is 6.20. The highest BCUT2D eigenvalue weighted by Crippen LogP contribution is 2.36. The largest absolute Gasteiger partial charge is 0.493 e. The molecule has 1 unspecified atom stereocenters. The fourth-order valence-electron chi connectivity index (χ4n) is 3.15. The van der Waals surface area contributed by atoms with E-state index in [1.807, 2.05) is 24.3 Å². The predicted molar refractivity (Wildman–Crippen MR) is 93.6 cm³/mol. The van der Waals surface area contributed by atoms with Crippen LogP contribution in [-0.2, 0) is 24.1 Å². The summed E-state index contributed by atoms with van der Waals surface area (Å²) in [6, 6.07) is 14.3. The standard InChI is InChI=1S/C20H23NO3/c1-21-19(22)12-15-8-6-14(7-9-15)10-16-11-17-4-3-5-18(23-2)20(17)24-13-16/h3-9,16H,10-13H2,1-2H3,(H,21,22). The molecule has 2 aromatic carbocycles. The van der Waals surface area contributed by atoms with Crippen LogP contribution in [0.15, 0.2) is 42.5 Å². The van der Waals surface area contributed by atoms with Gasteiger partial charge in [-0.25, -0.2) is 0 Å². The highest BCUT2D eigenvalue weighted by Gasteiger charge is 2.22. The Labute approximate surface area is 142 Å².